The molecule has 0 bridgehead atoms. The fraction of sp³-hybridized carbons (Fsp3) is 0.471. The number of aromatic nitrogens is 2. The Balaban J connectivity index is 1.77. The Morgan fingerprint density at radius 2 is 2.12 bits per heavy atom. The topological polar surface area (TPSA) is 84.6 Å². The number of nitrogens with one attached hydrogen (secondary N) is 2. The summed E-state index contributed by atoms with van der Waals surface area (Å²) in [4.78, 5) is 8.29. The number of aryl methyl sites for hydroxylation is 2. The molecule has 0 saturated heterocycles. The fourth-order valence-electron chi connectivity index (χ4n) is 2.30. The van der Waals surface area contributed by atoms with E-state index in [1.165, 1.54) is 0 Å². The van der Waals surface area contributed by atoms with E-state index in [-0.39, 0.29) is 0 Å². The van der Waals surface area contributed by atoms with Crippen molar-refractivity contribution >= 4 is 17.6 Å². The lowest BCUT2D eigenvalue weighted by molar-refractivity contribution is 0.309. The van der Waals surface area contributed by atoms with Gasteiger partial charge in [-0.15, -0.1) is 0 Å². The minimum absolute atomic E-state index is 0.461. The molecule has 0 spiro atoms. The number of nitrogens with zero attached hydrogens (tertiary/aromatic N) is 3. The van der Waals surface area contributed by atoms with Crippen LogP contribution in [-0.2, 0) is 19.4 Å². The van der Waals surface area contributed by atoms with Crippen molar-refractivity contribution in [1.29, 1.82) is 0 Å². The molecule has 2 heterocycles. The Morgan fingerprint density at radius 3 is 2.76 bits per heavy atom. The van der Waals surface area contributed by atoms with Crippen LogP contribution >= 0.6 is 11.6 Å². The van der Waals surface area contributed by atoms with Crippen molar-refractivity contribution in [1.82, 2.24) is 20.8 Å². The van der Waals surface area contributed by atoms with Crippen LogP contribution in [0, 0.1) is 0 Å². The third kappa shape index (κ3) is 5.63. The number of aliphatic imine (C=N–C) groups is 1. The highest BCUT2D eigenvalue weighted by molar-refractivity contribution is 6.30. The fourth-order valence-corrected chi connectivity index (χ4v) is 2.41. The van der Waals surface area contributed by atoms with E-state index >= 15 is 0 Å². The summed E-state index contributed by atoms with van der Waals surface area (Å²) < 4.78 is 10.9. The van der Waals surface area contributed by atoms with E-state index in [9.17, 15) is 0 Å². The summed E-state index contributed by atoms with van der Waals surface area (Å²) in [6.07, 6.45) is 3.22. The summed E-state index contributed by atoms with van der Waals surface area (Å²) in [5.74, 6) is 2.15. The molecule has 0 fully saturated rings. The Kier molecular flexibility index (Phi) is 7.53. The number of ether oxygens (including phenoxy) is 1. The van der Waals surface area contributed by atoms with Crippen LogP contribution in [0.4, 0.5) is 0 Å². The van der Waals surface area contributed by atoms with E-state index in [1.54, 1.807) is 25.4 Å². The number of halogens is 1. The van der Waals surface area contributed by atoms with Crippen molar-refractivity contribution in [2.45, 2.75) is 33.2 Å². The summed E-state index contributed by atoms with van der Waals surface area (Å²) in [6.45, 7) is 5.79. The second-order valence-corrected chi connectivity index (χ2v) is 5.69. The molecule has 0 saturated carbocycles. The van der Waals surface area contributed by atoms with Gasteiger partial charge in [0.25, 0.3) is 0 Å². The molecule has 0 atom stereocenters. The van der Waals surface area contributed by atoms with E-state index in [0.29, 0.717) is 36.6 Å². The second-order valence-electron chi connectivity index (χ2n) is 5.25. The van der Waals surface area contributed by atoms with Crippen molar-refractivity contribution < 1.29 is 9.26 Å². The maximum atomic E-state index is 5.79. The first kappa shape index (κ1) is 19.1. The highest BCUT2D eigenvalue weighted by Gasteiger charge is 2.13. The van der Waals surface area contributed by atoms with Crippen LogP contribution < -0.4 is 15.4 Å². The Labute approximate surface area is 152 Å². The number of hydrogen-bond acceptors (Lipinski definition) is 5. The lowest BCUT2D eigenvalue weighted by atomic mass is 10.1. The number of guanidine groups is 1. The monoisotopic (exact) mass is 365 g/mol. The van der Waals surface area contributed by atoms with Gasteiger partial charge in [-0.2, -0.15) is 0 Å². The van der Waals surface area contributed by atoms with Crippen LogP contribution in [0.3, 0.4) is 0 Å². The third-order valence-corrected chi connectivity index (χ3v) is 3.83. The van der Waals surface area contributed by atoms with Crippen LogP contribution in [-0.4, -0.2) is 36.3 Å². The van der Waals surface area contributed by atoms with Gasteiger partial charge in [-0.25, -0.2) is 4.98 Å². The van der Waals surface area contributed by atoms with Crippen LogP contribution in [0.1, 0.15) is 30.9 Å². The van der Waals surface area contributed by atoms with Gasteiger partial charge < -0.3 is 19.9 Å². The highest BCUT2D eigenvalue weighted by atomic mass is 35.5. The molecule has 2 aromatic heterocycles. The van der Waals surface area contributed by atoms with Gasteiger partial charge in [0.05, 0.1) is 17.3 Å². The zero-order chi connectivity index (χ0) is 18.1. The zero-order valence-corrected chi connectivity index (χ0v) is 15.6. The standard InChI is InChI=1S/C17H24ClN5O2/c1-4-14-13(15(5-2)25-23-14)11-22-17(19-3)20-8-9-24-16-7-6-12(18)10-21-16/h6-7,10H,4-5,8-9,11H2,1-3H3,(H2,19,20,22). The second kappa shape index (κ2) is 9.88. The van der Waals surface area contributed by atoms with Crippen LogP contribution in [0.2, 0.25) is 5.02 Å². The molecule has 0 aliphatic heterocycles. The summed E-state index contributed by atoms with van der Waals surface area (Å²) in [6, 6.07) is 3.48. The minimum atomic E-state index is 0.461. The van der Waals surface area contributed by atoms with Crippen LogP contribution in [0.25, 0.3) is 0 Å². The van der Waals surface area contributed by atoms with Crippen molar-refractivity contribution in [3.05, 3.63) is 40.4 Å². The van der Waals surface area contributed by atoms with Gasteiger partial charge in [0.1, 0.15) is 12.4 Å². The van der Waals surface area contributed by atoms with E-state index in [4.69, 9.17) is 20.9 Å². The van der Waals surface area contributed by atoms with Gasteiger partial charge in [0.2, 0.25) is 5.88 Å². The largest absolute Gasteiger partial charge is 0.476 e. The normalized spacial score (nSPS) is 11.4. The van der Waals surface area contributed by atoms with Gasteiger partial charge >= 0.3 is 0 Å². The highest BCUT2D eigenvalue weighted by Crippen LogP contribution is 2.15. The zero-order valence-electron chi connectivity index (χ0n) is 14.8. The van der Waals surface area contributed by atoms with E-state index in [0.717, 1.165) is 29.9 Å². The molecule has 0 aromatic carbocycles. The number of pyridine rings is 1. The van der Waals surface area contributed by atoms with Gasteiger partial charge in [0, 0.05) is 37.8 Å². The molecule has 8 heteroatoms. The summed E-state index contributed by atoms with van der Waals surface area (Å²) in [7, 11) is 1.73. The Morgan fingerprint density at radius 1 is 1.28 bits per heavy atom. The Bertz CT molecular complexity index is 663. The van der Waals surface area contributed by atoms with Gasteiger partial charge in [0.15, 0.2) is 5.96 Å². The van der Waals surface area contributed by atoms with Crippen LogP contribution in [0.15, 0.2) is 27.8 Å². The third-order valence-electron chi connectivity index (χ3n) is 3.61. The molecular weight excluding hydrogens is 342 g/mol. The van der Waals surface area contributed by atoms with Gasteiger partial charge in [-0.1, -0.05) is 30.6 Å². The predicted molar refractivity (Wildman–Crippen MR) is 98.2 cm³/mol. The predicted octanol–water partition coefficient (Wildman–Crippen LogP) is 2.59. The first-order valence-corrected chi connectivity index (χ1v) is 8.70. The molecule has 136 valence electrons. The first-order valence-electron chi connectivity index (χ1n) is 8.33. The van der Waals surface area contributed by atoms with Crippen molar-refractivity contribution in [3.8, 4) is 5.88 Å². The molecule has 7 nitrogen and oxygen atoms in total. The number of rotatable bonds is 8. The quantitative estimate of drug-likeness (QED) is 0.425. The molecule has 0 aliphatic rings. The molecule has 25 heavy (non-hydrogen) atoms. The molecule has 2 N–H and O–H groups in total. The van der Waals surface area contributed by atoms with E-state index in [1.807, 2.05) is 0 Å². The summed E-state index contributed by atoms with van der Waals surface area (Å²) in [5, 5.41) is 11.2. The molecular formula is C17H24ClN5O2. The molecule has 2 rings (SSSR count). The van der Waals surface area contributed by atoms with E-state index in [2.05, 4.69) is 39.6 Å². The molecule has 0 radical (unpaired) electrons. The number of hydrogen-bond donors (Lipinski definition) is 2. The summed E-state index contributed by atoms with van der Waals surface area (Å²) >= 11 is 5.79. The van der Waals surface area contributed by atoms with Gasteiger partial charge in [-0.3, -0.25) is 4.99 Å². The molecule has 0 unspecified atom stereocenters. The lowest BCUT2D eigenvalue weighted by Crippen LogP contribution is -2.39. The smallest absolute Gasteiger partial charge is 0.213 e. The average molecular weight is 366 g/mol. The maximum absolute atomic E-state index is 5.79. The van der Waals surface area contributed by atoms with Crippen molar-refractivity contribution in [2.24, 2.45) is 4.99 Å². The van der Waals surface area contributed by atoms with E-state index < -0.39 is 0 Å². The Hall–Kier alpha value is -2.28. The molecule has 0 amide bonds. The van der Waals surface area contributed by atoms with Crippen molar-refractivity contribution in [2.75, 3.05) is 20.2 Å². The first-order chi connectivity index (χ1) is 12.2. The maximum Gasteiger partial charge on any atom is 0.213 e. The lowest BCUT2D eigenvalue weighted by Gasteiger charge is -2.12. The summed E-state index contributed by atoms with van der Waals surface area (Å²) in [5.41, 5.74) is 2.09. The molecule has 0 aliphatic carbocycles. The van der Waals surface area contributed by atoms with Crippen molar-refractivity contribution in [3.63, 3.8) is 0 Å². The van der Waals surface area contributed by atoms with Crippen LogP contribution in [0.5, 0.6) is 5.88 Å². The molecule has 2 aromatic rings. The van der Waals surface area contributed by atoms with Gasteiger partial charge in [-0.05, 0) is 12.5 Å². The average Bonchev–Trinajstić information content (AvgIpc) is 3.04. The SMILES string of the molecule is CCc1noc(CC)c1CNC(=NC)NCCOc1ccc(Cl)cn1. The minimum Gasteiger partial charge on any atom is -0.476 e.